The first-order valence-electron chi connectivity index (χ1n) is 5.04. The predicted octanol–water partition coefficient (Wildman–Crippen LogP) is 1.88. The Hall–Kier alpha value is -1.99. The number of hydrogen-bond acceptors (Lipinski definition) is 5. The van der Waals surface area contributed by atoms with Gasteiger partial charge in [0.2, 0.25) is 0 Å². The molecule has 7 nitrogen and oxygen atoms in total. The number of aliphatic hydroxyl groups excluding tert-OH is 1. The van der Waals surface area contributed by atoms with E-state index in [4.69, 9.17) is 11.6 Å². The molecule has 0 bridgehead atoms. The predicted molar refractivity (Wildman–Crippen MR) is 63.7 cm³/mol. The monoisotopic (exact) mass is 268 g/mol. The summed E-state index contributed by atoms with van der Waals surface area (Å²) in [5, 5.41) is 27.9. The van der Waals surface area contributed by atoms with Crippen LogP contribution in [0.15, 0.2) is 24.4 Å². The number of halogens is 1. The van der Waals surface area contributed by atoms with Gasteiger partial charge in [-0.3, -0.25) is 10.1 Å². The van der Waals surface area contributed by atoms with Crippen molar-refractivity contribution in [1.29, 1.82) is 0 Å². The maximum atomic E-state index is 10.9. The lowest BCUT2D eigenvalue weighted by molar-refractivity contribution is -0.384. The molecular formula is C10H9ClN4O3. The van der Waals surface area contributed by atoms with Crippen LogP contribution in [-0.4, -0.2) is 25.0 Å². The molecule has 0 amide bonds. The number of hydrogen-bond donors (Lipinski definition) is 1. The zero-order valence-corrected chi connectivity index (χ0v) is 10.1. The molecule has 0 radical (unpaired) electrons. The van der Waals surface area contributed by atoms with E-state index in [-0.39, 0.29) is 16.4 Å². The largest absolute Gasteiger partial charge is 0.387 e. The summed E-state index contributed by atoms with van der Waals surface area (Å²) in [4.78, 5) is 10.4. The molecule has 1 atom stereocenters. The molecule has 0 aliphatic heterocycles. The third-order valence-corrected chi connectivity index (χ3v) is 2.64. The summed E-state index contributed by atoms with van der Waals surface area (Å²) >= 11 is 5.94. The minimum atomic E-state index is -0.805. The van der Waals surface area contributed by atoms with E-state index in [1.54, 1.807) is 0 Å². The van der Waals surface area contributed by atoms with E-state index in [1.165, 1.54) is 36.0 Å². The second-order valence-electron chi connectivity index (χ2n) is 3.63. The fraction of sp³-hybridized carbons (Fsp3) is 0.200. The van der Waals surface area contributed by atoms with Crippen LogP contribution in [0.5, 0.6) is 0 Å². The summed E-state index contributed by atoms with van der Waals surface area (Å²) in [5.74, 6) is 0. The Bertz CT molecular complexity index is 597. The van der Waals surface area contributed by atoms with Crippen molar-refractivity contribution in [3.63, 3.8) is 0 Å². The first-order valence-corrected chi connectivity index (χ1v) is 5.42. The quantitative estimate of drug-likeness (QED) is 0.677. The Morgan fingerprint density at radius 2 is 2.28 bits per heavy atom. The summed E-state index contributed by atoms with van der Waals surface area (Å²) in [5.41, 5.74) is 0.261. The molecule has 0 spiro atoms. The summed E-state index contributed by atoms with van der Waals surface area (Å²) in [6.45, 7) is 1.52. The normalized spacial score (nSPS) is 12.4. The molecule has 1 N–H and O–H groups in total. The SMILES string of the molecule is CC(O)c1cn(-c2c(Cl)cccc2[N+](=O)[O-])nn1. The van der Waals surface area contributed by atoms with E-state index in [0.29, 0.717) is 5.69 Å². The Kier molecular flexibility index (Phi) is 3.26. The summed E-state index contributed by atoms with van der Waals surface area (Å²) < 4.78 is 1.18. The van der Waals surface area contributed by atoms with Gasteiger partial charge in [0.05, 0.1) is 22.2 Å². The second kappa shape index (κ2) is 4.71. The van der Waals surface area contributed by atoms with Crippen molar-refractivity contribution in [1.82, 2.24) is 15.0 Å². The average Bonchev–Trinajstić information content (AvgIpc) is 2.77. The van der Waals surface area contributed by atoms with E-state index in [0.717, 1.165) is 0 Å². The van der Waals surface area contributed by atoms with Crippen LogP contribution in [0, 0.1) is 10.1 Å². The number of nitro benzene ring substituents is 1. The number of para-hydroxylation sites is 1. The van der Waals surface area contributed by atoms with Crippen molar-refractivity contribution in [3.8, 4) is 5.69 Å². The van der Waals surface area contributed by atoms with Gasteiger partial charge >= 0.3 is 0 Å². The molecule has 8 heteroatoms. The Labute approximate surface area is 107 Å². The first kappa shape index (κ1) is 12.5. The Morgan fingerprint density at radius 3 is 2.83 bits per heavy atom. The molecule has 0 aliphatic rings. The molecule has 1 aromatic carbocycles. The van der Waals surface area contributed by atoms with Gasteiger partial charge in [0, 0.05) is 6.07 Å². The van der Waals surface area contributed by atoms with Crippen LogP contribution < -0.4 is 0 Å². The Balaban J connectivity index is 2.58. The van der Waals surface area contributed by atoms with Gasteiger partial charge in [-0.2, -0.15) is 0 Å². The van der Waals surface area contributed by atoms with Crippen molar-refractivity contribution in [3.05, 3.63) is 45.2 Å². The molecule has 2 aromatic rings. The lowest BCUT2D eigenvalue weighted by Crippen LogP contribution is -2.01. The van der Waals surface area contributed by atoms with Crippen LogP contribution in [0.25, 0.3) is 5.69 Å². The molecule has 2 rings (SSSR count). The van der Waals surface area contributed by atoms with Crippen molar-refractivity contribution in [2.24, 2.45) is 0 Å². The fourth-order valence-corrected chi connectivity index (χ4v) is 1.71. The molecule has 0 saturated carbocycles. The molecule has 0 fully saturated rings. The van der Waals surface area contributed by atoms with Gasteiger partial charge in [0.15, 0.2) is 5.69 Å². The fourth-order valence-electron chi connectivity index (χ4n) is 1.46. The minimum absolute atomic E-state index is 0.128. The summed E-state index contributed by atoms with van der Waals surface area (Å²) in [6, 6.07) is 4.33. The average molecular weight is 269 g/mol. The number of rotatable bonds is 3. The molecule has 0 aliphatic carbocycles. The molecule has 0 saturated heterocycles. The highest BCUT2D eigenvalue weighted by molar-refractivity contribution is 6.32. The summed E-state index contributed by atoms with van der Waals surface area (Å²) in [7, 11) is 0. The van der Waals surface area contributed by atoms with Crippen molar-refractivity contribution >= 4 is 17.3 Å². The van der Waals surface area contributed by atoms with Crippen molar-refractivity contribution in [2.75, 3.05) is 0 Å². The van der Waals surface area contributed by atoms with Crippen LogP contribution in [0.2, 0.25) is 5.02 Å². The molecule has 94 valence electrons. The second-order valence-corrected chi connectivity index (χ2v) is 4.04. The van der Waals surface area contributed by atoms with E-state index in [9.17, 15) is 15.2 Å². The minimum Gasteiger partial charge on any atom is -0.387 e. The van der Waals surface area contributed by atoms with Gasteiger partial charge in [-0.05, 0) is 13.0 Å². The van der Waals surface area contributed by atoms with Gasteiger partial charge in [-0.25, -0.2) is 4.68 Å². The van der Waals surface area contributed by atoms with Crippen molar-refractivity contribution < 1.29 is 10.0 Å². The van der Waals surface area contributed by atoms with E-state index in [1.807, 2.05) is 0 Å². The maximum absolute atomic E-state index is 10.9. The van der Waals surface area contributed by atoms with Gasteiger partial charge in [0.1, 0.15) is 5.69 Å². The van der Waals surface area contributed by atoms with Crippen LogP contribution >= 0.6 is 11.6 Å². The molecule has 1 unspecified atom stereocenters. The highest BCUT2D eigenvalue weighted by Gasteiger charge is 2.20. The number of aliphatic hydroxyl groups is 1. The van der Waals surface area contributed by atoms with Crippen LogP contribution in [0.3, 0.4) is 0 Å². The summed E-state index contributed by atoms with van der Waals surface area (Å²) in [6.07, 6.45) is 0.596. The smallest absolute Gasteiger partial charge is 0.296 e. The lowest BCUT2D eigenvalue weighted by atomic mass is 10.2. The zero-order valence-electron chi connectivity index (χ0n) is 9.32. The molecular weight excluding hydrogens is 260 g/mol. The number of nitrogens with zero attached hydrogens (tertiary/aromatic N) is 4. The lowest BCUT2D eigenvalue weighted by Gasteiger charge is -2.03. The standard InChI is InChI=1S/C10H9ClN4O3/c1-6(16)8-5-14(13-12-8)10-7(11)3-2-4-9(10)15(17)18/h2-6,16H,1H3. The number of nitro groups is 1. The molecule has 1 aromatic heterocycles. The van der Waals surface area contributed by atoms with Crippen LogP contribution in [0.4, 0.5) is 5.69 Å². The van der Waals surface area contributed by atoms with Gasteiger partial charge in [-0.1, -0.05) is 22.9 Å². The third-order valence-electron chi connectivity index (χ3n) is 2.33. The molecule has 18 heavy (non-hydrogen) atoms. The van der Waals surface area contributed by atoms with E-state index >= 15 is 0 Å². The highest BCUT2D eigenvalue weighted by Crippen LogP contribution is 2.29. The van der Waals surface area contributed by atoms with E-state index in [2.05, 4.69) is 10.3 Å². The Morgan fingerprint density at radius 1 is 1.56 bits per heavy atom. The first-order chi connectivity index (χ1) is 8.50. The van der Waals surface area contributed by atoms with Crippen LogP contribution in [0.1, 0.15) is 18.7 Å². The number of aromatic nitrogens is 3. The zero-order chi connectivity index (χ0) is 13.3. The van der Waals surface area contributed by atoms with Crippen LogP contribution in [-0.2, 0) is 0 Å². The molecule has 1 heterocycles. The van der Waals surface area contributed by atoms with Gasteiger partial charge < -0.3 is 5.11 Å². The third kappa shape index (κ3) is 2.18. The maximum Gasteiger partial charge on any atom is 0.296 e. The number of benzene rings is 1. The van der Waals surface area contributed by atoms with E-state index < -0.39 is 11.0 Å². The van der Waals surface area contributed by atoms with Gasteiger partial charge in [0.25, 0.3) is 5.69 Å². The van der Waals surface area contributed by atoms with Gasteiger partial charge in [-0.15, -0.1) is 5.10 Å². The highest BCUT2D eigenvalue weighted by atomic mass is 35.5. The topological polar surface area (TPSA) is 94.1 Å². The van der Waals surface area contributed by atoms with Crippen molar-refractivity contribution in [2.45, 2.75) is 13.0 Å².